The molecule has 0 aliphatic rings. The number of thiophene rings is 1. The highest BCUT2D eigenvalue weighted by molar-refractivity contribution is 7.18. The van der Waals surface area contributed by atoms with Crippen molar-refractivity contribution in [3.63, 3.8) is 0 Å². The third-order valence-corrected chi connectivity index (χ3v) is 5.68. The largest absolute Gasteiger partial charge is 0.332 e. The number of nitrogens with zero attached hydrogens (tertiary/aromatic N) is 2. The fraction of sp³-hybridized carbons (Fsp3) is 0.368. The van der Waals surface area contributed by atoms with Gasteiger partial charge in [0.2, 0.25) is 0 Å². The average molecular weight is 342 g/mol. The van der Waals surface area contributed by atoms with Gasteiger partial charge >= 0.3 is 5.69 Å². The topological polar surface area (TPSA) is 44.0 Å². The van der Waals surface area contributed by atoms with Crippen molar-refractivity contribution >= 4 is 21.6 Å². The molecule has 24 heavy (non-hydrogen) atoms. The van der Waals surface area contributed by atoms with Crippen molar-refractivity contribution in [2.75, 3.05) is 0 Å². The fourth-order valence-electron chi connectivity index (χ4n) is 2.92. The third kappa shape index (κ3) is 2.84. The van der Waals surface area contributed by atoms with Gasteiger partial charge in [-0.3, -0.25) is 13.9 Å². The van der Waals surface area contributed by atoms with Gasteiger partial charge in [0.1, 0.15) is 4.83 Å². The molecule has 0 N–H and O–H groups in total. The molecule has 126 valence electrons. The molecule has 0 bridgehead atoms. The van der Waals surface area contributed by atoms with Crippen LogP contribution in [0, 0.1) is 13.8 Å². The van der Waals surface area contributed by atoms with Crippen LogP contribution in [0.4, 0.5) is 0 Å². The molecule has 0 spiro atoms. The molecular formula is C19H22N2O2S. The molecule has 2 heterocycles. The zero-order valence-corrected chi connectivity index (χ0v) is 15.2. The smallest absolute Gasteiger partial charge is 0.280 e. The van der Waals surface area contributed by atoms with Crippen LogP contribution in [0.1, 0.15) is 35.8 Å². The summed E-state index contributed by atoms with van der Waals surface area (Å²) in [5.41, 5.74) is 1.71. The summed E-state index contributed by atoms with van der Waals surface area (Å²) < 4.78 is 3.17. The Balaban J connectivity index is 2.28. The normalized spacial score (nSPS) is 11.3. The van der Waals surface area contributed by atoms with Crippen LogP contribution < -0.4 is 11.2 Å². The fourth-order valence-corrected chi connectivity index (χ4v) is 4.06. The molecule has 0 amide bonds. The standard InChI is InChI=1S/C19H22N2O2S/c1-4-5-11-20-17(22)16-13(2)14(3)24-18(16)21(19(20)23)12-15-9-7-6-8-10-15/h6-10H,4-5,11-12H2,1-3H3. The van der Waals surface area contributed by atoms with Crippen molar-refractivity contribution in [3.8, 4) is 0 Å². The van der Waals surface area contributed by atoms with Gasteiger partial charge in [-0.1, -0.05) is 43.7 Å². The van der Waals surface area contributed by atoms with E-state index in [0.29, 0.717) is 18.5 Å². The molecule has 0 aliphatic heterocycles. The van der Waals surface area contributed by atoms with E-state index in [1.807, 2.05) is 44.2 Å². The Morgan fingerprint density at radius 1 is 1.04 bits per heavy atom. The second-order valence-electron chi connectivity index (χ2n) is 6.13. The number of benzene rings is 1. The highest BCUT2D eigenvalue weighted by Gasteiger charge is 2.18. The number of rotatable bonds is 5. The number of unbranched alkanes of at least 4 members (excludes halogenated alkanes) is 1. The van der Waals surface area contributed by atoms with E-state index in [9.17, 15) is 9.59 Å². The number of hydrogen-bond donors (Lipinski definition) is 0. The molecule has 2 aromatic heterocycles. The predicted octanol–water partition coefficient (Wildman–Crippen LogP) is 3.69. The van der Waals surface area contributed by atoms with E-state index in [0.717, 1.165) is 33.7 Å². The maximum Gasteiger partial charge on any atom is 0.332 e. The molecule has 3 rings (SSSR count). The minimum absolute atomic E-state index is 0.144. The van der Waals surface area contributed by atoms with Gasteiger partial charge in [0.15, 0.2) is 0 Å². The van der Waals surface area contributed by atoms with Gasteiger partial charge in [-0.2, -0.15) is 0 Å². The number of aromatic nitrogens is 2. The van der Waals surface area contributed by atoms with Crippen molar-refractivity contribution in [1.29, 1.82) is 0 Å². The molecule has 0 radical (unpaired) electrons. The van der Waals surface area contributed by atoms with Crippen LogP contribution in [0.2, 0.25) is 0 Å². The summed E-state index contributed by atoms with van der Waals surface area (Å²) in [5, 5.41) is 0.698. The van der Waals surface area contributed by atoms with Crippen LogP contribution in [-0.2, 0) is 13.1 Å². The Morgan fingerprint density at radius 3 is 2.42 bits per heavy atom. The quantitative estimate of drug-likeness (QED) is 0.710. The van der Waals surface area contributed by atoms with Gasteiger partial charge in [0.05, 0.1) is 11.9 Å². The van der Waals surface area contributed by atoms with Gasteiger partial charge in [-0.05, 0) is 31.4 Å². The molecule has 0 unspecified atom stereocenters. The molecule has 0 aliphatic carbocycles. The molecule has 1 aromatic carbocycles. The molecule has 0 fully saturated rings. The zero-order chi connectivity index (χ0) is 17.3. The lowest BCUT2D eigenvalue weighted by Crippen LogP contribution is -2.40. The molecule has 0 saturated heterocycles. The second kappa shape index (κ2) is 6.77. The SMILES string of the molecule is CCCCn1c(=O)c2c(C)c(C)sc2n(Cc2ccccc2)c1=O. The first-order valence-corrected chi connectivity index (χ1v) is 9.13. The summed E-state index contributed by atoms with van der Waals surface area (Å²) >= 11 is 1.54. The van der Waals surface area contributed by atoms with Crippen LogP contribution in [0.3, 0.4) is 0 Å². The summed E-state index contributed by atoms with van der Waals surface area (Å²) in [7, 11) is 0. The summed E-state index contributed by atoms with van der Waals surface area (Å²) in [5.74, 6) is 0. The monoisotopic (exact) mass is 342 g/mol. The molecule has 3 aromatic rings. The van der Waals surface area contributed by atoms with Crippen molar-refractivity contribution in [3.05, 3.63) is 67.2 Å². The van der Waals surface area contributed by atoms with Crippen molar-refractivity contribution in [2.45, 2.75) is 46.7 Å². The predicted molar refractivity (Wildman–Crippen MR) is 100 cm³/mol. The lowest BCUT2D eigenvalue weighted by molar-refractivity contribution is 0.559. The summed E-state index contributed by atoms with van der Waals surface area (Å²) in [4.78, 5) is 27.7. The maximum atomic E-state index is 13.0. The lowest BCUT2D eigenvalue weighted by Gasteiger charge is -2.12. The number of aryl methyl sites for hydroxylation is 2. The molecule has 5 heteroatoms. The first-order chi connectivity index (χ1) is 11.5. The van der Waals surface area contributed by atoms with Crippen LogP contribution >= 0.6 is 11.3 Å². The molecule has 0 atom stereocenters. The van der Waals surface area contributed by atoms with Crippen molar-refractivity contribution in [1.82, 2.24) is 9.13 Å². The van der Waals surface area contributed by atoms with Gasteiger partial charge < -0.3 is 0 Å². The lowest BCUT2D eigenvalue weighted by atomic mass is 10.2. The van der Waals surface area contributed by atoms with E-state index in [1.54, 1.807) is 4.57 Å². The summed E-state index contributed by atoms with van der Waals surface area (Å²) in [6.07, 6.45) is 1.78. The van der Waals surface area contributed by atoms with Gasteiger partial charge in [-0.25, -0.2) is 4.79 Å². The highest BCUT2D eigenvalue weighted by Crippen LogP contribution is 2.27. The zero-order valence-electron chi connectivity index (χ0n) is 14.3. The van der Waals surface area contributed by atoms with E-state index in [1.165, 1.54) is 15.9 Å². The summed E-state index contributed by atoms with van der Waals surface area (Å²) in [6, 6.07) is 9.91. The Hall–Kier alpha value is -2.14. The minimum Gasteiger partial charge on any atom is -0.280 e. The Bertz CT molecular complexity index is 980. The first-order valence-electron chi connectivity index (χ1n) is 8.31. The number of hydrogen-bond acceptors (Lipinski definition) is 3. The van der Waals surface area contributed by atoms with E-state index in [4.69, 9.17) is 0 Å². The van der Waals surface area contributed by atoms with Gasteiger partial charge in [-0.15, -0.1) is 11.3 Å². The second-order valence-corrected chi connectivity index (χ2v) is 7.33. The van der Waals surface area contributed by atoms with E-state index < -0.39 is 0 Å². The summed E-state index contributed by atoms with van der Waals surface area (Å²) in [6.45, 7) is 7.01. The Morgan fingerprint density at radius 2 is 1.75 bits per heavy atom. The minimum atomic E-state index is -0.203. The van der Waals surface area contributed by atoms with Gasteiger partial charge in [0.25, 0.3) is 5.56 Å². The number of fused-ring (bicyclic) bond motifs is 1. The van der Waals surface area contributed by atoms with Crippen molar-refractivity contribution in [2.24, 2.45) is 0 Å². The van der Waals surface area contributed by atoms with E-state index in [2.05, 4.69) is 6.92 Å². The highest BCUT2D eigenvalue weighted by atomic mass is 32.1. The molecular weight excluding hydrogens is 320 g/mol. The third-order valence-electron chi connectivity index (χ3n) is 4.45. The first kappa shape index (κ1) is 16.7. The van der Waals surface area contributed by atoms with Crippen LogP contribution in [0.5, 0.6) is 0 Å². The van der Waals surface area contributed by atoms with Gasteiger partial charge in [0, 0.05) is 11.4 Å². The molecule has 0 saturated carbocycles. The van der Waals surface area contributed by atoms with E-state index in [-0.39, 0.29) is 11.2 Å². The van der Waals surface area contributed by atoms with Crippen LogP contribution in [-0.4, -0.2) is 9.13 Å². The Labute approximate surface area is 145 Å². The van der Waals surface area contributed by atoms with Crippen LogP contribution in [0.25, 0.3) is 10.2 Å². The van der Waals surface area contributed by atoms with E-state index >= 15 is 0 Å². The van der Waals surface area contributed by atoms with Crippen LogP contribution in [0.15, 0.2) is 39.9 Å². The average Bonchev–Trinajstić information content (AvgIpc) is 2.88. The maximum absolute atomic E-state index is 13.0. The Kier molecular flexibility index (Phi) is 4.71. The molecule has 4 nitrogen and oxygen atoms in total. The van der Waals surface area contributed by atoms with Crippen molar-refractivity contribution < 1.29 is 0 Å².